The van der Waals surface area contributed by atoms with Crippen LogP contribution >= 0.6 is 0 Å². The summed E-state index contributed by atoms with van der Waals surface area (Å²) in [7, 11) is 3.11. The average molecular weight is 221 g/mol. The number of hydrogen-bond donors (Lipinski definition) is 3. The molecule has 1 aromatic rings. The average Bonchev–Trinajstić information content (AvgIpc) is 2.30. The van der Waals surface area contributed by atoms with Crippen LogP contribution in [-0.2, 0) is 0 Å². The summed E-state index contributed by atoms with van der Waals surface area (Å²) in [4.78, 5) is 22.7. The molecule has 1 aromatic carbocycles. The summed E-state index contributed by atoms with van der Waals surface area (Å²) in [5, 5.41) is 7.65. The minimum absolute atomic E-state index is 0.168. The number of urea groups is 1. The van der Waals surface area contributed by atoms with Gasteiger partial charge in [0, 0.05) is 25.3 Å². The van der Waals surface area contributed by atoms with E-state index >= 15 is 0 Å². The highest BCUT2D eigenvalue weighted by Gasteiger charge is 2.10. The second kappa shape index (κ2) is 5.16. The highest BCUT2D eigenvalue weighted by molar-refractivity contribution is 5.98. The molecule has 0 aromatic heterocycles. The lowest BCUT2D eigenvalue weighted by molar-refractivity contribution is 0.0962. The molecule has 86 valence electrons. The first-order valence-electron chi connectivity index (χ1n) is 4.90. The Kier molecular flexibility index (Phi) is 3.88. The van der Waals surface area contributed by atoms with Crippen molar-refractivity contribution in [3.8, 4) is 0 Å². The number of rotatable bonds is 2. The van der Waals surface area contributed by atoms with Gasteiger partial charge in [0.15, 0.2) is 0 Å². The maximum absolute atomic E-state index is 11.5. The fourth-order valence-electron chi connectivity index (χ4n) is 1.34. The summed E-state index contributed by atoms with van der Waals surface area (Å²) in [6, 6.07) is 4.88. The van der Waals surface area contributed by atoms with Crippen molar-refractivity contribution in [1.82, 2.24) is 10.6 Å². The molecule has 1 rings (SSSR count). The summed E-state index contributed by atoms with van der Waals surface area (Å²) in [5.41, 5.74) is 1.92. The van der Waals surface area contributed by atoms with Gasteiger partial charge in [0.05, 0.1) is 0 Å². The molecule has 5 heteroatoms. The highest BCUT2D eigenvalue weighted by Crippen LogP contribution is 2.18. The largest absolute Gasteiger partial charge is 0.355 e. The smallest absolute Gasteiger partial charge is 0.318 e. The number of nitrogens with one attached hydrogen (secondary N) is 3. The van der Waals surface area contributed by atoms with Gasteiger partial charge in [0.1, 0.15) is 0 Å². The van der Waals surface area contributed by atoms with Gasteiger partial charge < -0.3 is 16.0 Å². The van der Waals surface area contributed by atoms with Crippen LogP contribution in [0.15, 0.2) is 18.2 Å². The predicted molar refractivity (Wildman–Crippen MR) is 62.6 cm³/mol. The van der Waals surface area contributed by atoms with Crippen molar-refractivity contribution in [3.63, 3.8) is 0 Å². The molecule has 0 unspecified atom stereocenters. The zero-order chi connectivity index (χ0) is 12.1. The van der Waals surface area contributed by atoms with Gasteiger partial charge >= 0.3 is 6.03 Å². The monoisotopic (exact) mass is 221 g/mol. The molecule has 0 spiro atoms. The van der Waals surface area contributed by atoms with Crippen LogP contribution in [0.5, 0.6) is 0 Å². The first-order chi connectivity index (χ1) is 7.60. The van der Waals surface area contributed by atoms with Gasteiger partial charge in [0.25, 0.3) is 5.91 Å². The molecule has 3 N–H and O–H groups in total. The van der Waals surface area contributed by atoms with Crippen LogP contribution in [0, 0.1) is 6.92 Å². The van der Waals surface area contributed by atoms with Crippen molar-refractivity contribution < 1.29 is 9.59 Å². The fraction of sp³-hybridized carbons (Fsp3) is 0.273. The molecule has 16 heavy (non-hydrogen) atoms. The van der Waals surface area contributed by atoms with Crippen LogP contribution in [0.1, 0.15) is 15.9 Å². The van der Waals surface area contributed by atoms with E-state index in [1.165, 1.54) is 7.05 Å². The number of carbonyl (C=O) groups excluding carboxylic acids is 2. The summed E-state index contributed by atoms with van der Waals surface area (Å²) in [5.74, 6) is -0.168. The van der Waals surface area contributed by atoms with Gasteiger partial charge in [-0.25, -0.2) is 4.79 Å². The summed E-state index contributed by atoms with van der Waals surface area (Å²) >= 11 is 0. The topological polar surface area (TPSA) is 70.2 Å². The fourth-order valence-corrected chi connectivity index (χ4v) is 1.34. The highest BCUT2D eigenvalue weighted by atomic mass is 16.2. The lowest BCUT2D eigenvalue weighted by Gasteiger charge is -2.11. The van der Waals surface area contributed by atoms with E-state index in [2.05, 4.69) is 16.0 Å². The van der Waals surface area contributed by atoms with Crippen molar-refractivity contribution in [1.29, 1.82) is 0 Å². The molecule has 0 saturated carbocycles. The molecule has 0 saturated heterocycles. The molecule has 0 aliphatic rings. The van der Waals surface area contributed by atoms with Gasteiger partial charge in [-0.05, 0) is 24.6 Å². The number of hydrogen-bond acceptors (Lipinski definition) is 2. The Bertz CT molecular complexity index is 416. The van der Waals surface area contributed by atoms with Crippen LogP contribution in [0.2, 0.25) is 0 Å². The lowest BCUT2D eigenvalue weighted by atomic mass is 10.1. The maximum atomic E-state index is 11.5. The van der Waals surface area contributed by atoms with Crippen molar-refractivity contribution in [2.24, 2.45) is 0 Å². The maximum Gasteiger partial charge on any atom is 0.318 e. The summed E-state index contributed by atoms with van der Waals surface area (Å²) < 4.78 is 0. The number of benzene rings is 1. The third-order valence-corrected chi connectivity index (χ3v) is 2.28. The molecular formula is C11H15N3O2. The Morgan fingerprint density at radius 1 is 1.12 bits per heavy atom. The zero-order valence-corrected chi connectivity index (χ0v) is 9.55. The van der Waals surface area contributed by atoms with Crippen molar-refractivity contribution in [2.75, 3.05) is 19.4 Å². The molecule has 0 aliphatic carbocycles. The van der Waals surface area contributed by atoms with Gasteiger partial charge in [-0.15, -0.1) is 0 Å². The summed E-state index contributed by atoms with van der Waals surface area (Å²) in [6.45, 7) is 1.79. The molecular weight excluding hydrogens is 206 g/mol. The van der Waals surface area contributed by atoms with E-state index in [0.29, 0.717) is 11.3 Å². The minimum atomic E-state index is -0.308. The Morgan fingerprint density at radius 2 is 1.81 bits per heavy atom. The normalized spacial score (nSPS) is 9.44. The number of carbonyl (C=O) groups is 2. The van der Waals surface area contributed by atoms with E-state index in [9.17, 15) is 9.59 Å². The van der Waals surface area contributed by atoms with E-state index in [4.69, 9.17) is 0 Å². The Balaban J connectivity index is 3.04. The van der Waals surface area contributed by atoms with Crippen LogP contribution < -0.4 is 16.0 Å². The predicted octanol–water partition coefficient (Wildman–Crippen LogP) is 1.11. The molecule has 0 fully saturated rings. The van der Waals surface area contributed by atoms with E-state index < -0.39 is 0 Å². The van der Waals surface area contributed by atoms with E-state index in [1.54, 1.807) is 32.2 Å². The minimum Gasteiger partial charge on any atom is -0.355 e. The molecule has 0 heterocycles. The number of amides is 3. The standard InChI is InChI=1S/C11H15N3O2/c1-7-8(10(15)12-2)5-4-6-9(7)14-11(16)13-3/h4-6H,1-3H3,(H,12,15)(H2,13,14,16). The van der Waals surface area contributed by atoms with E-state index in [0.717, 1.165) is 5.56 Å². The molecule has 5 nitrogen and oxygen atoms in total. The zero-order valence-electron chi connectivity index (χ0n) is 9.55. The Hall–Kier alpha value is -2.04. The van der Waals surface area contributed by atoms with Gasteiger partial charge in [0.2, 0.25) is 0 Å². The Morgan fingerprint density at radius 3 is 2.38 bits per heavy atom. The molecule has 0 bridgehead atoms. The van der Waals surface area contributed by atoms with Gasteiger partial charge in [-0.3, -0.25) is 4.79 Å². The molecule has 0 aliphatic heterocycles. The first-order valence-corrected chi connectivity index (χ1v) is 4.90. The van der Waals surface area contributed by atoms with Crippen LogP contribution in [0.25, 0.3) is 0 Å². The van der Waals surface area contributed by atoms with E-state index in [1.807, 2.05) is 0 Å². The van der Waals surface area contributed by atoms with E-state index in [-0.39, 0.29) is 11.9 Å². The SMILES string of the molecule is CNC(=O)Nc1cccc(C(=O)NC)c1C. The van der Waals surface area contributed by atoms with Crippen LogP contribution in [0.4, 0.5) is 10.5 Å². The molecule has 0 atom stereocenters. The second-order valence-electron chi connectivity index (χ2n) is 3.26. The Labute approximate surface area is 94.2 Å². The van der Waals surface area contributed by atoms with Gasteiger partial charge in [-0.2, -0.15) is 0 Å². The van der Waals surface area contributed by atoms with Crippen molar-refractivity contribution in [2.45, 2.75) is 6.92 Å². The molecule has 3 amide bonds. The molecule has 0 radical (unpaired) electrons. The lowest BCUT2D eigenvalue weighted by Crippen LogP contribution is -2.25. The summed E-state index contributed by atoms with van der Waals surface area (Å²) in [6.07, 6.45) is 0. The van der Waals surface area contributed by atoms with Gasteiger partial charge in [-0.1, -0.05) is 6.07 Å². The number of anilines is 1. The quantitative estimate of drug-likeness (QED) is 0.700. The first kappa shape index (κ1) is 12.0. The third-order valence-electron chi connectivity index (χ3n) is 2.28. The van der Waals surface area contributed by atoms with Crippen LogP contribution in [-0.4, -0.2) is 26.0 Å². The van der Waals surface area contributed by atoms with Crippen molar-refractivity contribution >= 4 is 17.6 Å². The third kappa shape index (κ3) is 2.50. The van der Waals surface area contributed by atoms with Crippen molar-refractivity contribution in [3.05, 3.63) is 29.3 Å². The van der Waals surface area contributed by atoms with Crippen LogP contribution in [0.3, 0.4) is 0 Å². The second-order valence-corrected chi connectivity index (χ2v) is 3.26.